The number of allylic oxidation sites excluding steroid dienone is 1. The maximum absolute atomic E-state index is 14.2. The van der Waals surface area contributed by atoms with Crippen LogP contribution in [0.15, 0.2) is 66.2 Å². The van der Waals surface area contributed by atoms with Crippen molar-refractivity contribution in [1.29, 1.82) is 5.26 Å². The third-order valence-electron chi connectivity index (χ3n) is 6.46. The van der Waals surface area contributed by atoms with Gasteiger partial charge in [-0.25, -0.2) is 14.0 Å². The van der Waals surface area contributed by atoms with Crippen LogP contribution in [-0.2, 0) is 27.3 Å². The molecule has 0 fully saturated rings. The number of halogens is 1. The van der Waals surface area contributed by atoms with Gasteiger partial charge in [-0.05, 0) is 55.3 Å². The summed E-state index contributed by atoms with van der Waals surface area (Å²) in [5, 5.41) is 11.6. The highest BCUT2D eigenvalue weighted by Gasteiger charge is 2.28. The van der Waals surface area contributed by atoms with Gasteiger partial charge < -0.3 is 14.2 Å². The summed E-state index contributed by atoms with van der Waals surface area (Å²) < 4.78 is 30.5. The second kappa shape index (κ2) is 13.7. The average molecular weight is 586 g/mol. The van der Waals surface area contributed by atoms with Crippen molar-refractivity contribution in [2.75, 3.05) is 13.2 Å². The monoisotopic (exact) mass is 585 g/mol. The molecule has 0 radical (unpaired) electrons. The summed E-state index contributed by atoms with van der Waals surface area (Å²) in [4.78, 5) is 39.3. The molecule has 0 saturated carbocycles. The van der Waals surface area contributed by atoms with Crippen LogP contribution in [0.4, 0.5) is 4.39 Å². The number of nitrogens with zero attached hydrogens (tertiary/aromatic N) is 1. The minimum absolute atomic E-state index is 0.0598. The van der Waals surface area contributed by atoms with Gasteiger partial charge in [0.25, 0.3) is 0 Å². The molecule has 0 N–H and O–H groups in total. The van der Waals surface area contributed by atoms with E-state index in [9.17, 15) is 24.0 Å². The minimum Gasteiger partial charge on any atom is -0.488 e. The number of hydrogen-bond donors (Lipinski definition) is 0. The number of benzene rings is 3. The molecular weight excluding hydrogens is 557 g/mol. The van der Waals surface area contributed by atoms with Gasteiger partial charge in [0.1, 0.15) is 29.1 Å². The Hall–Kier alpha value is -4.81. The Kier molecular flexibility index (Phi) is 9.84. The van der Waals surface area contributed by atoms with Crippen LogP contribution in [-0.4, -0.2) is 30.9 Å². The molecule has 1 aromatic heterocycles. The van der Waals surface area contributed by atoms with Gasteiger partial charge in [-0.15, -0.1) is 11.3 Å². The zero-order valence-electron chi connectivity index (χ0n) is 23.4. The van der Waals surface area contributed by atoms with Crippen LogP contribution < -0.4 is 4.74 Å². The van der Waals surface area contributed by atoms with Gasteiger partial charge >= 0.3 is 11.9 Å². The number of rotatable bonds is 11. The molecule has 0 aliphatic rings. The van der Waals surface area contributed by atoms with Crippen LogP contribution in [0.1, 0.15) is 55.4 Å². The molecule has 0 atom stereocenters. The first-order valence-corrected chi connectivity index (χ1v) is 14.1. The van der Waals surface area contributed by atoms with Crippen molar-refractivity contribution in [1.82, 2.24) is 0 Å². The number of ether oxygens (including phenoxy) is 3. The van der Waals surface area contributed by atoms with Crippen molar-refractivity contribution in [3.05, 3.63) is 104 Å². The van der Waals surface area contributed by atoms with E-state index in [0.29, 0.717) is 27.3 Å². The molecule has 0 unspecified atom stereocenters. The molecule has 0 aliphatic heterocycles. The fourth-order valence-corrected chi connectivity index (χ4v) is 5.63. The summed E-state index contributed by atoms with van der Waals surface area (Å²) in [7, 11) is 0. The number of fused-ring (bicyclic) bond motifs is 1. The van der Waals surface area contributed by atoms with Crippen LogP contribution in [0.3, 0.4) is 0 Å². The van der Waals surface area contributed by atoms with Crippen LogP contribution >= 0.6 is 11.3 Å². The van der Waals surface area contributed by atoms with E-state index >= 15 is 0 Å². The highest BCUT2D eigenvalue weighted by Crippen LogP contribution is 2.33. The van der Waals surface area contributed by atoms with Gasteiger partial charge in [-0.3, -0.25) is 4.79 Å². The first kappa shape index (κ1) is 30.2. The fraction of sp³-hybridized carbons (Fsp3) is 0.212. The quantitative estimate of drug-likeness (QED) is 0.106. The van der Waals surface area contributed by atoms with Crippen molar-refractivity contribution in [3.8, 4) is 11.8 Å². The number of hydrogen-bond acceptors (Lipinski definition) is 8. The largest absolute Gasteiger partial charge is 0.488 e. The predicted molar refractivity (Wildman–Crippen MR) is 158 cm³/mol. The van der Waals surface area contributed by atoms with Gasteiger partial charge in [0.15, 0.2) is 5.78 Å². The molecule has 0 bridgehead atoms. The number of carbonyl (C=O) groups excluding carboxylic acids is 3. The Bertz CT molecular complexity index is 1730. The second-order valence-electron chi connectivity index (χ2n) is 9.14. The Morgan fingerprint density at radius 1 is 0.952 bits per heavy atom. The van der Waals surface area contributed by atoms with Crippen molar-refractivity contribution in [2.45, 2.75) is 33.8 Å². The smallest absolute Gasteiger partial charge is 0.348 e. The third-order valence-corrected chi connectivity index (χ3v) is 7.73. The lowest BCUT2D eigenvalue weighted by Gasteiger charge is -2.13. The molecule has 3 aromatic carbocycles. The SMILES string of the molecule is CCOC(=O)c1sc(CC(=O)C(C#N)=Cc2c(OCc3ccccc3F)ccc3ccccc23)c(C(=O)OCC)c1C. The summed E-state index contributed by atoms with van der Waals surface area (Å²) in [5.41, 5.74) is 1.14. The number of ketones is 1. The van der Waals surface area contributed by atoms with E-state index in [2.05, 4.69) is 0 Å². The zero-order chi connectivity index (χ0) is 30.2. The zero-order valence-corrected chi connectivity index (χ0v) is 24.2. The van der Waals surface area contributed by atoms with Crippen LogP contribution in [0.2, 0.25) is 0 Å². The second-order valence-corrected chi connectivity index (χ2v) is 10.2. The summed E-state index contributed by atoms with van der Waals surface area (Å²) in [6.07, 6.45) is 1.13. The molecule has 4 rings (SSSR count). The predicted octanol–water partition coefficient (Wildman–Crippen LogP) is 7.00. The van der Waals surface area contributed by atoms with Crippen molar-refractivity contribution in [2.24, 2.45) is 0 Å². The van der Waals surface area contributed by atoms with Gasteiger partial charge in [0, 0.05) is 22.4 Å². The van der Waals surface area contributed by atoms with E-state index in [0.717, 1.165) is 22.1 Å². The highest BCUT2D eigenvalue weighted by molar-refractivity contribution is 7.14. The van der Waals surface area contributed by atoms with E-state index in [1.165, 1.54) is 12.1 Å². The average Bonchev–Trinajstić information content (AvgIpc) is 3.31. The van der Waals surface area contributed by atoms with Gasteiger partial charge in [-0.1, -0.05) is 48.5 Å². The van der Waals surface area contributed by atoms with Crippen molar-refractivity contribution < 1.29 is 33.0 Å². The Morgan fingerprint density at radius 3 is 2.36 bits per heavy atom. The fourth-order valence-electron chi connectivity index (χ4n) is 4.44. The molecule has 214 valence electrons. The lowest BCUT2D eigenvalue weighted by molar-refractivity contribution is -0.114. The topological polar surface area (TPSA) is 103 Å². The number of esters is 2. The Balaban J connectivity index is 1.74. The summed E-state index contributed by atoms with van der Waals surface area (Å²) >= 11 is 0.971. The molecule has 1 heterocycles. The van der Waals surface area contributed by atoms with Gasteiger partial charge in [0.2, 0.25) is 0 Å². The molecular formula is C33H28FNO6S. The minimum atomic E-state index is -0.662. The summed E-state index contributed by atoms with van der Waals surface area (Å²) in [6.45, 7) is 5.12. The van der Waals surface area contributed by atoms with E-state index in [4.69, 9.17) is 14.2 Å². The van der Waals surface area contributed by atoms with Crippen molar-refractivity contribution >= 4 is 45.9 Å². The van der Waals surface area contributed by atoms with E-state index < -0.39 is 23.5 Å². The van der Waals surface area contributed by atoms with Crippen LogP contribution in [0.25, 0.3) is 16.8 Å². The molecule has 0 saturated heterocycles. The molecule has 0 aliphatic carbocycles. The molecule has 42 heavy (non-hydrogen) atoms. The normalized spacial score (nSPS) is 11.2. The van der Waals surface area contributed by atoms with Gasteiger partial charge in [0.05, 0.1) is 24.4 Å². The lowest BCUT2D eigenvalue weighted by Crippen LogP contribution is -2.12. The maximum Gasteiger partial charge on any atom is 0.348 e. The van der Waals surface area contributed by atoms with E-state index in [1.807, 2.05) is 36.4 Å². The van der Waals surface area contributed by atoms with E-state index in [-0.39, 0.29) is 42.3 Å². The number of thiophene rings is 1. The summed E-state index contributed by atoms with van der Waals surface area (Å²) in [6, 6.07) is 19.2. The standard InChI is InChI=1S/C33H28FNO6S/c1-4-39-32(37)30-20(3)31(33(38)40-5-2)42-29(30)17-27(36)23(18-35)16-25-24-12-8-6-10-21(24)14-15-28(25)41-19-22-11-7-9-13-26(22)34/h6-16H,4-5,17,19H2,1-3H3. The first-order valence-electron chi connectivity index (χ1n) is 13.3. The number of carbonyl (C=O) groups is 3. The molecule has 0 amide bonds. The first-order chi connectivity index (χ1) is 20.3. The molecule has 9 heteroatoms. The third kappa shape index (κ3) is 6.56. The Labute approximate surface area is 246 Å². The molecule has 7 nitrogen and oxygen atoms in total. The lowest BCUT2D eigenvalue weighted by atomic mass is 9.98. The van der Waals surface area contributed by atoms with E-state index in [1.54, 1.807) is 45.0 Å². The summed E-state index contributed by atoms with van der Waals surface area (Å²) in [5.74, 6) is -1.87. The van der Waals surface area contributed by atoms with Crippen LogP contribution in [0, 0.1) is 24.1 Å². The number of nitriles is 1. The van der Waals surface area contributed by atoms with Crippen molar-refractivity contribution in [3.63, 3.8) is 0 Å². The highest BCUT2D eigenvalue weighted by atomic mass is 32.1. The number of Topliss-reactive ketones (excluding diaryl/α,β-unsaturated/α-hetero) is 1. The maximum atomic E-state index is 14.2. The Morgan fingerprint density at radius 2 is 1.64 bits per heavy atom. The molecule has 0 spiro atoms. The molecule has 4 aromatic rings. The van der Waals surface area contributed by atoms with Gasteiger partial charge in [-0.2, -0.15) is 5.26 Å². The van der Waals surface area contributed by atoms with Crippen LogP contribution in [0.5, 0.6) is 5.75 Å².